The van der Waals surface area contributed by atoms with Gasteiger partial charge in [-0.3, -0.25) is 4.79 Å². The van der Waals surface area contributed by atoms with Crippen molar-refractivity contribution in [2.75, 3.05) is 0 Å². The molecule has 1 aliphatic heterocycles. The molecule has 0 saturated heterocycles. The summed E-state index contributed by atoms with van der Waals surface area (Å²) in [6.45, 7) is 1.42. The van der Waals surface area contributed by atoms with Crippen LogP contribution in [0.4, 0.5) is 0 Å². The quantitative estimate of drug-likeness (QED) is 0.750. The molecule has 2 aliphatic rings. The maximum Gasteiger partial charge on any atom is 0.229 e. The zero-order chi connectivity index (χ0) is 18.2. The number of H-pyrrole nitrogens is 1. The molecule has 0 spiro atoms. The van der Waals surface area contributed by atoms with E-state index >= 15 is 0 Å². The molecule has 1 atom stereocenters. The molecule has 0 unspecified atom stereocenters. The van der Waals surface area contributed by atoms with Crippen molar-refractivity contribution >= 4 is 16.8 Å². The van der Waals surface area contributed by atoms with Gasteiger partial charge in [-0.05, 0) is 43.7 Å². The monoisotopic (exact) mass is 363 g/mol. The first-order valence-corrected chi connectivity index (χ1v) is 10.1. The Morgan fingerprint density at radius 2 is 2.07 bits per heavy atom. The highest BCUT2D eigenvalue weighted by molar-refractivity contribution is 5.90. The molecule has 6 nitrogen and oxygen atoms in total. The third-order valence-corrected chi connectivity index (χ3v) is 6.04. The fourth-order valence-electron chi connectivity index (χ4n) is 4.64. The fraction of sp³-hybridized carbons (Fsp3) is 0.476. The van der Waals surface area contributed by atoms with Crippen molar-refractivity contribution in [1.29, 1.82) is 0 Å². The Bertz CT molecular complexity index is 986. The molecule has 27 heavy (non-hydrogen) atoms. The first kappa shape index (κ1) is 16.5. The summed E-state index contributed by atoms with van der Waals surface area (Å²) in [7, 11) is 0. The maximum absolute atomic E-state index is 13.0. The Labute approximate surface area is 158 Å². The van der Waals surface area contributed by atoms with Crippen molar-refractivity contribution in [2.24, 2.45) is 0 Å². The van der Waals surface area contributed by atoms with Gasteiger partial charge in [-0.25, -0.2) is 0 Å². The van der Waals surface area contributed by atoms with Gasteiger partial charge in [-0.2, -0.15) is 0 Å². The van der Waals surface area contributed by atoms with E-state index in [1.165, 1.54) is 23.8 Å². The van der Waals surface area contributed by atoms with Crippen LogP contribution in [0.2, 0.25) is 0 Å². The van der Waals surface area contributed by atoms with Gasteiger partial charge in [0.15, 0.2) is 5.82 Å². The second-order valence-corrected chi connectivity index (χ2v) is 7.72. The van der Waals surface area contributed by atoms with E-state index in [-0.39, 0.29) is 11.8 Å². The van der Waals surface area contributed by atoms with Crippen LogP contribution in [0.5, 0.6) is 0 Å². The Kier molecular flexibility index (Phi) is 4.19. The number of para-hydroxylation sites is 1. The van der Waals surface area contributed by atoms with Crippen molar-refractivity contribution in [3.63, 3.8) is 0 Å². The van der Waals surface area contributed by atoms with Crippen LogP contribution < -0.4 is 5.32 Å². The molecule has 1 aromatic carbocycles. The summed E-state index contributed by atoms with van der Waals surface area (Å²) in [4.78, 5) is 16.5. The van der Waals surface area contributed by atoms with Gasteiger partial charge >= 0.3 is 0 Å². The number of carbonyl (C=O) groups excluding carboxylic acids is 1. The van der Waals surface area contributed by atoms with Gasteiger partial charge in [-0.1, -0.05) is 24.6 Å². The number of amides is 1. The lowest BCUT2D eigenvalue weighted by Gasteiger charge is -2.22. The molecule has 3 aromatic rings. The van der Waals surface area contributed by atoms with Gasteiger partial charge in [-0.15, -0.1) is 10.2 Å². The van der Waals surface area contributed by atoms with Crippen molar-refractivity contribution in [2.45, 2.75) is 64.0 Å². The maximum atomic E-state index is 13.0. The highest BCUT2D eigenvalue weighted by Crippen LogP contribution is 2.36. The van der Waals surface area contributed by atoms with Crippen LogP contribution in [-0.2, 0) is 30.7 Å². The highest BCUT2D eigenvalue weighted by atomic mass is 16.1. The van der Waals surface area contributed by atoms with Crippen LogP contribution in [0.3, 0.4) is 0 Å². The summed E-state index contributed by atoms with van der Waals surface area (Å²) < 4.78 is 2.20. The standard InChI is InChI=1S/C21H25N5O/c27-21(22-13-19-25-24-18-11-2-1-5-12-26(18)19)16-9-6-8-15-14-7-3-4-10-17(14)23-20(15)16/h3-4,7,10,16,23H,1-2,5-6,8-9,11-13H2,(H,22,27)/t16-/m0/s1. The summed E-state index contributed by atoms with van der Waals surface area (Å²) in [5.41, 5.74) is 3.54. The second kappa shape index (κ2) is 6.83. The normalized spacial score (nSPS) is 19.3. The Morgan fingerprint density at radius 3 is 3.04 bits per heavy atom. The number of aryl methyl sites for hydroxylation is 2. The van der Waals surface area contributed by atoms with Crippen molar-refractivity contribution in [3.8, 4) is 0 Å². The largest absolute Gasteiger partial charge is 0.357 e. The smallest absolute Gasteiger partial charge is 0.229 e. The van der Waals surface area contributed by atoms with E-state index in [1.807, 2.05) is 6.07 Å². The lowest BCUT2D eigenvalue weighted by molar-refractivity contribution is -0.123. The summed E-state index contributed by atoms with van der Waals surface area (Å²) in [6.07, 6.45) is 7.54. The molecule has 3 heterocycles. The number of nitrogens with zero attached hydrogens (tertiary/aromatic N) is 3. The number of fused-ring (bicyclic) bond motifs is 4. The van der Waals surface area contributed by atoms with Gasteiger partial charge in [0.1, 0.15) is 5.82 Å². The van der Waals surface area contributed by atoms with Gasteiger partial charge in [0.25, 0.3) is 0 Å². The van der Waals surface area contributed by atoms with Gasteiger partial charge in [0.2, 0.25) is 5.91 Å². The summed E-state index contributed by atoms with van der Waals surface area (Å²) >= 11 is 0. The molecular weight excluding hydrogens is 338 g/mol. The lowest BCUT2D eigenvalue weighted by Crippen LogP contribution is -2.32. The minimum Gasteiger partial charge on any atom is -0.357 e. The third kappa shape index (κ3) is 2.93. The van der Waals surface area contributed by atoms with Crippen LogP contribution >= 0.6 is 0 Å². The van der Waals surface area contributed by atoms with Gasteiger partial charge in [0.05, 0.1) is 12.5 Å². The zero-order valence-electron chi connectivity index (χ0n) is 15.5. The van der Waals surface area contributed by atoms with Crippen LogP contribution in [0.25, 0.3) is 10.9 Å². The number of aromatic amines is 1. The minimum atomic E-state index is -0.104. The van der Waals surface area contributed by atoms with E-state index in [0.29, 0.717) is 6.54 Å². The first-order valence-electron chi connectivity index (χ1n) is 10.1. The fourth-order valence-corrected chi connectivity index (χ4v) is 4.64. The van der Waals surface area contributed by atoms with Gasteiger partial charge < -0.3 is 14.9 Å². The molecule has 0 saturated carbocycles. The summed E-state index contributed by atoms with van der Waals surface area (Å²) in [5.74, 6) is 1.93. The topological polar surface area (TPSA) is 75.6 Å². The van der Waals surface area contributed by atoms with Crippen molar-refractivity contribution in [1.82, 2.24) is 25.1 Å². The van der Waals surface area contributed by atoms with E-state index < -0.39 is 0 Å². The van der Waals surface area contributed by atoms with E-state index in [0.717, 1.165) is 61.5 Å². The van der Waals surface area contributed by atoms with Crippen molar-refractivity contribution in [3.05, 3.63) is 47.2 Å². The molecule has 5 rings (SSSR count). The lowest BCUT2D eigenvalue weighted by atomic mass is 9.86. The van der Waals surface area contributed by atoms with Crippen LogP contribution in [-0.4, -0.2) is 25.7 Å². The van der Waals surface area contributed by atoms with E-state index in [9.17, 15) is 4.79 Å². The number of nitrogens with one attached hydrogen (secondary N) is 2. The van der Waals surface area contributed by atoms with E-state index in [2.05, 4.69) is 43.3 Å². The summed E-state index contributed by atoms with van der Waals surface area (Å²) in [5, 5.41) is 13.0. The highest BCUT2D eigenvalue weighted by Gasteiger charge is 2.29. The first-order chi connectivity index (χ1) is 13.3. The molecule has 0 fully saturated rings. The zero-order valence-corrected chi connectivity index (χ0v) is 15.5. The predicted molar refractivity (Wildman–Crippen MR) is 103 cm³/mol. The number of hydrogen-bond acceptors (Lipinski definition) is 3. The number of benzene rings is 1. The molecule has 1 amide bonds. The van der Waals surface area contributed by atoms with Crippen LogP contribution in [0.1, 0.15) is 60.9 Å². The average molecular weight is 363 g/mol. The summed E-state index contributed by atoms with van der Waals surface area (Å²) in [6, 6.07) is 8.35. The minimum absolute atomic E-state index is 0.0912. The Balaban J connectivity index is 1.35. The molecule has 0 radical (unpaired) electrons. The molecular formula is C21H25N5O. The Morgan fingerprint density at radius 1 is 1.15 bits per heavy atom. The molecule has 1 aliphatic carbocycles. The number of hydrogen-bond donors (Lipinski definition) is 2. The third-order valence-electron chi connectivity index (χ3n) is 6.04. The SMILES string of the molecule is O=C(NCc1nnc2n1CCCCC2)[C@H]1CCCc2c1[nH]c1ccccc21. The van der Waals surface area contributed by atoms with Crippen LogP contribution in [0, 0.1) is 0 Å². The number of aromatic nitrogens is 4. The van der Waals surface area contributed by atoms with E-state index in [4.69, 9.17) is 0 Å². The average Bonchev–Trinajstić information content (AvgIpc) is 3.18. The molecule has 2 N–H and O–H groups in total. The molecule has 2 aromatic heterocycles. The Hall–Kier alpha value is -2.63. The molecule has 140 valence electrons. The molecule has 6 heteroatoms. The molecule has 0 bridgehead atoms. The van der Waals surface area contributed by atoms with Gasteiger partial charge in [0, 0.05) is 29.6 Å². The number of rotatable bonds is 3. The second-order valence-electron chi connectivity index (χ2n) is 7.72. The van der Waals surface area contributed by atoms with Crippen molar-refractivity contribution < 1.29 is 4.79 Å². The number of carbonyl (C=O) groups is 1. The predicted octanol–water partition coefficient (Wildman–Crippen LogP) is 3.22. The van der Waals surface area contributed by atoms with E-state index in [1.54, 1.807) is 0 Å². The van der Waals surface area contributed by atoms with Crippen LogP contribution in [0.15, 0.2) is 24.3 Å².